The van der Waals surface area contributed by atoms with E-state index in [-0.39, 0.29) is 5.69 Å². The van der Waals surface area contributed by atoms with Crippen molar-refractivity contribution in [3.05, 3.63) is 48.3 Å². The Morgan fingerprint density at radius 3 is 2.47 bits per heavy atom. The smallest absolute Gasteiger partial charge is 0.170 e. The molecule has 0 aliphatic rings. The van der Waals surface area contributed by atoms with Gasteiger partial charge in [0.1, 0.15) is 5.69 Å². The molecule has 2 aromatic rings. The van der Waals surface area contributed by atoms with Crippen LogP contribution in [0, 0.1) is 0 Å². The molecule has 0 saturated heterocycles. The molecule has 0 aliphatic heterocycles. The van der Waals surface area contributed by atoms with Crippen molar-refractivity contribution in [2.75, 3.05) is 5.73 Å². The summed E-state index contributed by atoms with van der Waals surface area (Å²) in [6.45, 7) is 0. The molecule has 0 radical (unpaired) electrons. The number of pyridine rings is 1. The van der Waals surface area contributed by atoms with Gasteiger partial charge in [0, 0.05) is 11.8 Å². The maximum absolute atomic E-state index is 10.5. The highest BCUT2D eigenvalue weighted by atomic mass is 16.1. The minimum absolute atomic E-state index is 0.287. The van der Waals surface area contributed by atoms with E-state index in [0.717, 1.165) is 11.1 Å². The van der Waals surface area contributed by atoms with Crippen LogP contribution in [0.15, 0.2) is 42.6 Å². The van der Waals surface area contributed by atoms with Crippen molar-refractivity contribution in [2.24, 2.45) is 0 Å². The van der Waals surface area contributed by atoms with Crippen LogP contribution in [-0.2, 0) is 0 Å². The lowest BCUT2D eigenvalue weighted by Gasteiger charge is -2.03. The topological polar surface area (TPSA) is 56.0 Å². The van der Waals surface area contributed by atoms with E-state index in [0.29, 0.717) is 12.0 Å². The van der Waals surface area contributed by atoms with Crippen LogP contribution in [0.5, 0.6) is 0 Å². The Labute approximate surface area is 87.6 Å². The Morgan fingerprint density at radius 1 is 1.13 bits per heavy atom. The van der Waals surface area contributed by atoms with Gasteiger partial charge in [0.05, 0.1) is 5.69 Å². The van der Waals surface area contributed by atoms with E-state index < -0.39 is 0 Å². The summed E-state index contributed by atoms with van der Waals surface area (Å²) in [6, 6.07) is 11.5. The van der Waals surface area contributed by atoms with E-state index in [1.54, 1.807) is 12.3 Å². The second-order valence-electron chi connectivity index (χ2n) is 3.18. The summed E-state index contributed by atoms with van der Waals surface area (Å²) in [6.07, 6.45) is 2.31. The Balaban J connectivity index is 2.47. The number of anilines is 1. The summed E-state index contributed by atoms with van der Waals surface area (Å²) in [4.78, 5) is 14.5. The second-order valence-corrected chi connectivity index (χ2v) is 3.18. The average Bonchev–Trinajstić information content (AvgIpc) is 2.30. The second kappa shape index (κ2) is 3.92. The summed E-state index contributed by atoms with van der Waals surface area (Å²) < 4.78 is 0. The fraction of sp³-hybridized carbons (Fsp3) is 0. The van der Waals surface area contributed by atoms with Gasteiger partial charge in [-0.15, -0.1) is 0 Å². The number of nitrogens with two attached hydrogens (primary N) is 1. The maximum Gasteiger partial charge on any atom is 0.170 e. The first-order valence-electron chi connectivity index (χ1n) is 4.57. The van der Waals surface area contributed by atoms with Crippen molar-refractivity contribution in [2.45, 2.75) is 0 Å². The monoisotopic (exact) mass is 198 g/mol. The zero-order valence-electron chi connectivity index (χ0n) is 8.05. The molecule has 1 aromatic carbocycles. The highest BCUT2D eigenvalue weighted by Crippen LogP contribution is 2.20. The Hall–Kier alpha value is -2.16. The average molecular weight is 198 g/mol. The summed E-state index contributed by atoms with van der Waals surface area (Å²) in [5.74, 6) is 0. The number of aldehydes is 1. The zero-order chi connectivity index (χ0) is 10.7. The number of nitrogens with zero attached hydrogens (tertiary/aromatic N) is 1. The molecule has 0 unspecified atom stereocenters. The van der Waals surface area contributed by atoms with Gasteiger partial charge in [0.25, 0.3) is 0 Å². The molecule has 0 aliphatic carbocycles. The number of rotatable bonds is 2. The standard InChI is InChI=1S/C12H10N2O/c13-11-6-10(7-14-12(11)8-15)9-4-2-1-3-5-9/h1-8H,13H2. The largest absolute Gasteiger partial charge is 0.397 e. The van der Waals surface area contributed by atoms with Gasteiger partial charge in [0.15, 0.2) is 6.29 Å². The Morgan fingerprint density at radius 2 is 1.87 bits per heavy atom. The molecule has 3 nitrogen and oxygen atoms in total. The van der Waals surface area contributed by atoms with Gasteiger partial charge in [-0.2, -0.15) is 0 Å². The maximum atomic E-state index is 10.5. The molecule has 2 N–H and O–H groups in total. The number of hydrogen-bond acceptors (Lipinski definition) is 3. The minimum Gasteiger partial charge on any atom is -0.397 e. The van der Waals surface area contributed by atoms with Crippen molar-refractivity contribution >= 4 is 12.0 Å². The number of carbonyl (C=O) groups excluding carboxylic acids is 1. The first kappa shape index (κ1) is 9.40. The van der Waals surface area contributed by atoms with Crippen LogP contribution in [0.1, 0.15) is 10.5 Å². The van der Waals surface area contributed by atoms with Crippen LogP contribution in [0.25, 0.3) is 11.1 Å². The van der Waals surface area contributed by atoms with Crippen LogP contribution < -0.4 is 5.73 Å². The van der Waals surface area contributed by atoms with E-state index in [4.69, 9.17) is 5.73 Å². The molecule has 74 valence electrons. The van der Waals surface area contributed by atoms with Crippen molar-refractivity contribution in [3.63, 3.8) is 0 Å². The summed E-state index contributed by atoms with van der Waals surface area (Å²) in [5, 5.41) is 0. The lowest BCUT2D eigenvalue weighted by Crippen LogP contribution is -1.96. The third-order valence-electron chi connectivity index (χ3n) is 2.17. The lowest BCUT2D eigenvalue weighted by atomic mass is 10.1. The van der Waals surface area contributed by atoms with Gasteiger partial charge in [0.2, 0.25) is 0 Å². The molecule has 1 aromatic heterocycles. The molecule has 0 fully saturated rings. The molecular weight excluding hydrogens is 188 g/mol. The molecule has 0 saturated carbocycles. The minimum atomic E-state index is 0.287. The molecule has 2 rings (SSSR count). The van der Waals surface area contributed by atoms with E-state index in [1.165, 1.54) is 0 Å². The van der Waals surface area contributed by atoms with Crippen LogP contribution >= 0.6 is 0 Å². The third kappa shape index (κ3) is 1.86. The van der Waals surface area contributed by atoms with Crippen LogP contribution in [-0.4, -0.2) is 11.3 Å². The van der Waals surface area contributed by atoms with E-state index in [9.17, 15) is 4.79 Å². The fourth-order valence-electron chi connectivity index (χ4n) is 1.38. The molecule has 3 heteroatoms. The molecule has 0 atom stereocenters. The van der Waals surface area contributed by atoms with E-state index in [2.05, 4.69) is 4.98 Å². The Kier molecular flexibility index (Phi) is 2.46. The normalized spacial score (nSPS) is 9.87. The van der Waals surface area contributed by atoms with Crippen molar-refractivity contribution in [3.8, 4) is 11.1 Å². The fourth-order valence-corrected chi connectivity index (χ4v) is 1.38. The number of hydrogen-bond donors (Lipinski definition) is 1. The third-order valence-corrected chi connectivity index (χ3v) is 2.17. The zero-order valence-corrected chi connectivity index (χ0v) is 8.05. The number of nitrogen functional groups attached to an aromatic ring is 1. The molecule has 0 bridgehead atoms. The van der Waals surface area contributed by atoms with E-state index >= 15 is 0 Å². The molecular formula is C12H10N2O. The first-order chi connectivity index (χ1) is 7.31. The van der Waals surface area contributed by atoms with Crippen molar-refractivity contribution in [1.29, 1.82) is 0 Å². The van der Waals surface area contributed by atoms with E-state index in [1.807, 2.05) is 30.3 Å². The lowest BCUT2D eigenvalue weighted by molar-refractivity contribution is 0.112. The van der Waals surface area contributed by atoms with Crippen LogP contribution in [0.4, 0.5) is 5.69 Å². The summed E-state index contributed by atoms with van der Waals surface area (Å²) in [7, 11) is 0. The van der Waals surface area contributed by atoms with Gasteiger partial charge in [-0.25, -0.2) is 0 Å². The van der Waals surface area contributed by atoms with Gasteiger partial charge in [-0.05, 0) is 11.6 Å². The molecule has 1 heterocycles. The summed E-state index contributed by atoms with van der Waals surface area (Å²) in [5.41, 5.74) is 8.32. The predicted octanol–water partition coefficient (Wildman–Crippen LogP) is 2.14. The Bertz CT molecular complexity index is 480. The highest BCUT2D eigenvalue weighted by Gasteiger charge is 2.02. The molecule has 15 heavy (non-hydrogen) atoms. The predicted molar refractivity (Wildman–Crippen MR) is 59.5 cm³/mol. The van der Waals surface area contributed by atoms with Crippen LogP contribution in [0.2, 0.25) is 0 Å². The van der Waals surface area contributed by atoms with Gasteiger partial charge in [-0.3, -0.25) is 9.78 Å². The van der Waals surface area contributed by atoms with Crippen molar-refractivity contribution < 1.29 is 4.79 Å². The summed E-state index contributed by atoms with van der Waals surface area (Å²) >= 11 is 0. The quantitative estimate of drug-likeness (QED) is 0.752. The van der Waals surface area contributed by atoms with Gasteiger partial charge < -0.3 is 5.73 Å². The SMILES string of the molecule is Nc1cc(-c2ccccc2)cnc1C=O. The highest BCUT2D eigenvalue weighted by molar-refractivity contribution is 5.82. The van der Waals surface area contributed by atoms with Crippen LogP contribution in [0.3, 0.4) is 0 Å². The number of benzene rings is 1. The van der Waals surface area contributed by atoms with Gasteiger partial charge >= 0.3 is 0 Å². The molecule has 0 amide bonds. The molecule has 0 spiro atoms. The number of carbonyl (C=O) groups is 1. The van der Waals surface area contributed by atoms with Crippen molar-refractivity contribution in [1.82, 2.24) is 4.98 Å². The van der Waals surface area contributed by atoms with Gasteiger partial charge in [-0.1, -0.05) is 30.3 Å². The first-order valence-corrected chi connectivity index (χ1v) is 4.57. The number of aromatic nitrogens is 1.